The van der Waals surface area contributed by atoms with Gasteiger partial charge in [-0.05, 0) is 66.8 Å². The number of likely N-dealkylation sites (tertiary alicyclic amines) is 1. The number of ether oxygens (including phenoxy) is 1. The fourth-order valence-corrected chi connectivity index (χ4v) is 5.03. The molecule has 3 aliphatic heterocycles. The zero-order chi connectivity index (χ0) is 18.1. The molecule has 4 rings (SSSR count). The van der Waals surface area contributed by atoms with Crippen LogP contribution in [0, 0.1) is 5.92 Å². The molecular weight excluding hydrogens is 352 g/mol. The van der Waals surface area contributed by atoms with Crippen LogP contribution >= 0.6 is 11.6 Å². The number of carboxylic acid groups (broad SMARTS) is 1. The standard InChI is InChI=1S/C20H27ClN2O3/c21-16-10-15-3-7-22(12-14-4-8-26-9-5-14)13-18(15)17(11-16)19-2-1-6-23(19)20(24)25/h10-11,14,19H,1-9,12-13H2,(H,24,25). The average Bonchev–Trinajstić information content (AvgIpc) is 3.12. The monoisotopic (exact) mass is 378 g/mol. The van der Waals surface area contributed by atoms with Crippen molar-refractivity contribution in [3.05, 3.63) is 33.8 Å². The first-order valence-corrected chi connectivity index (χ1v) is 10.1. The predicted molar refractivity (Wildman–Crippen MR) is 101 cm³/mol. The third-order valence-corrected chi connectivity index (χ3v) is 6.35. The van der Waals surface area contributed by atoms with Gasteiger partial charge in [0.25, 0.3) is 0 Å². The van der Waals surface area contributed by atoms with E-state index in [9.17, 15) is 9.90 Å². The van der Waals surface area contributed by atoms with Crippen LogP contribution in [0.5, 0.6) is 0 Å². The van der Waals surface area contributed by atoms with Crippen LogP contribution < -0.4 is 0 Å². The highest BCUT2D eigenvalue weighted by molar-refractivity contribution is 6.30. The molecule has 2 fully saturated rings. The van der Waals surface area contributed by atoms with Crippen molar-refractivity contribution in [2.24, 2.45) is 5.92 Å². The Morgan fingerprint density at radius 1 is 1.23 bits per heavy atom. The molecule has 0 saturated carbocycles. The van der Waals surface area contributed by atoms with Crippen molar-refractivity contribution in [2.75, 3.05) is 32.8 Å². The van der Waals surface area contributed by atoms with Crippen LogP contribution in [0.3, 0.4) is 0 Å². The van der Waals surface area contributed by atoms with Crippen LogP contribution in [-0.4, -0.2) is 53.8 Å². The number of benzene rings is 1. The number of halogens is 1. The summed E-state index contributed by atoms with van der Waals surface area (Å²) in [5.74, 6) is 0.711. The largest absolute Gasteiger partial charge is 0.465 e. The van der Waals surface area contributed by atoms with Gasteiger partial charge in [-0.3, -0.25) is 4.90 Å². The molecule has 0 radical (unpaired) electrons. The summed E-state index contributed by atoms with van der Waals surface area (Å²) < 4.78 is 5.48. The molecule has 1 atom stereocenters. The zero-order valence-corrected chi connectivity index (χ0v) is 15.9. The fraction of sp³-hybridized carbons (Fsp3) is 0.650. The molecule has 6 heteroatoms. The van der Waals surface area contributed by atoms with Gasteiger partial charge in [-0.1, -0.05) is 11.6 Å². The number of hydrogen-bond acceptors (Lipinski definition) is 3. The van der Waals surface area contributed by atoms with Gasteiger partial charge in [-0.2, -0.15) is 0 Å². The third-order valence-electron chi connectivity index (χ3n) is 6.14. The summed E-state index contributed by atoms with van der Waals surface area (Å²) in [6, 6.07) is 4.03. The molecule has 26 heavy (non-hydrogen) atoms. The van der Waals surface area contributed by atoms with E-state index in [-0.39, 0.29) is 6.04 Å². The molecule has 0 aliphatic carbocycles. The molecule has 2 saturated heterocycles. The van der Waals surface area contributed by atoms with Gasteiger partial charge in [0.05, 0.1) is 6.04 Å². The third kappa shape index (κ3) is 3.71. The van der Waals surface area contributed by atoms with E-state index >= 15 is 0 Å². The number of nitrogens with zero attached hydrogens (tertiary/aromatic N) is 2. The number of carbonyl (C=O) groups is 1. The SMILES string of the molecule is O=C(O)N1CCCC1c1cc(Cl)cc2c1CN(CC1CCOCC1)CC2. The van der Waals surface area contributed by atoms with Crippen LogP contribution in [0.4, 0.5) is 4.79 Å². The lowest BCUT2D eigenvalue weighted by molar-refractivity contribution is 0.0505. The molecule has 1 N–H and O–H groups in total. The Morgan fingerprint density at radius 3 is 2.81 bits per heavy atom. The van der Waals surface area contributed by atoms with E-state index in [1.807, 2.05) is 6.07 Å². The van der Waals surface area contributed by atoms with Crippen molar-refractivity contribution >= 4 is 17.7 Å². The topological polar surface area (TPSA) is 53.0 Å². The van der Waals surface area contributed by atoms with E-state index in [1.165, 1.54) is 11.1 Å². The smallest absolute Gasteiger partial charge is 0.407 e. The molecule has 0 aromatic heterocycles. The summed E-state index contributed by atoms with van der Waals surface area (Å²) >= 11 is 6.39. The molecule has 0 spiro atoms. The Bertz CT molecular complexity index is 675. The van der Waals surface area contributed by atoms with Crippen LogP contribution in [0.25, 0.3) is 0 Å². The molecule has 1 aromatic rings. The molecule has 0 bridgehead atoms. The first-order chi connectivity index (χ1) is 12.6. The normalized spacial score (nSPS) is 24.7. The summed E-state index contributed by atoms with van der Waals surface area (Å²) in [7, 11) is 0. The Hall–Kier alpha value is -1.30. The van der Waals surface area contributed by atoms with E-state index in [0.29, 0.717) is 12.5 Å². The molecular formula is C20H27ClN2O3. The summed E-state index contributed by atoms with van der Waals surface area (Å²) in [6.45, 7) is 5.45. The quantitative estimate of drug-likeness (QED) is 0.865. The van der Waals surface area contributed by atoms with Gasteiger partial charge in [0, 0.05) is 44.4 Å². The molecule has 1 amide bonds. The first kappa shape index (κ1) is 18.1. The predicted octanol–water partition coefficient (Wildman–Crippen LogP) is 3.94. The minimum atomic E-state index is -0.823. The number of amides is 1. The minimum Gasteiger partial charge on any atom is -0.465 e. The van der Waals surface area contributed by atoms with Crippen molar-refractivity contribution in [2.45, 2.75) is 44.7 Å². The van der Waals surface area contributed by atoms with Crippen molar-refractivity contribution < 1.29 is 14.6 Å². The molecule has 5 nitrogen and oxygen atoms in total. The maximum atomic E-state index is 11.6. The van der Waals surface area contributed by atoms with Crippen LogP contribution in [-0.2, 0) is 17.7 Å². The first-order valence-electron chi connectivity index (χ1n) is 9.72. The van der Waals surface area contributed by atoms with E-state index in [4.69, 9.17) is 16.3 Å². The van der Waals surface area contributed by atoms with Gasteiger partial charge >= 0.3 is 6.09 Å². The second kappa shape index (κ2) is 7.75. The van der Waals surface area contributed by atoms with Crippen molar-refractivity contribution in [1.82, 2.24) is 9.80 Å². The van der Waals surface area contributed by atoms with Gasteiger partial charge in [0.2, 0.25) is 0 Å². The highest BCUT2D eigenvalue weighted by atomic mass is 35.5. The molecule has 1 aromatic carbocycles. The molecule has 1 unspecified atom stereocenters. The number of fused-ring (bicyclic) bond motifs is 1. The van der Waals surface area contributed by atoms with Gasteiger partial charge in [-0.15, -0.1) is 0 Å². The molecule has 142 valence electrons. The van der Waals surface area contributed by atoms with Crippen LogP contribution in [0.15, 0.2) is 12.1 Å². The van der Waals surface area contributed by atoms with E-state index in [0.717, 1.165) is 75.5 Å². The summed E-state index contributed by atoms with van der Waals surface area (Å²) in [4.78, 5) is 15.8. The zero-order valence-electron chi connectivity index (χ0n) is 15.1. The van der Waals surface area contributed by atoms with Crippen molar-refractivity contribution in [3.8, 4) is 0 Å². The van der Waals surface area contributed by atoms with E-state index in [1.54, 1.807) is 4.90 Å². The lowest BCUT2D eigenvalue weighted by Gasteiger charge is -2.35. The van der Waals surface area contributed by atoms with Gasteiger partial charge in [0.1, 0.15) is 0 Å². The van der Waals surface area contributed by atoms with Gasteiger partial charge in [0.15, 0.2) is 0 Å². The maximum absolute atomic E-state index is 11.6. The Balaban J connectivity index is 1.57. The van der Waals surface area contributed by atoms with E-state index < -0.39 is 6.09 Å². The summed E-state index contributed by atoms with van der Waals surface area (Å²) in [5, 5.41) is 10.3. The Kier molecular flexibility index (Phi) is 5.39. The van der Waals surface area contributed by atoms with Crippen molar-refractivity contribution in [1.29, 1.82) is 0 Å². The second-order valence-corrected chi connectivity index (χ2v) is 8.24. The highest BCUT2D eigenvalue weighted by Gasteiger charge is 2.33. The second-order valence-electron chi connectivity index (χ2n) is 7.81. The molecule has 3 heterocycles. The minimum absolute atomic E-state index is 0.0528. The molecule has 3 aliphatic rings. The lowest BCUT2D eigenvalue weighted by Crippen LogP contribution is -2.37. The van der Waals surface area contributed by atoms with Gasteiger partial charge in [-0.25, -0.2) is 4.79 Å². The van der Waals surface area contributed by atoms with Crippen LogP contribution in [0.1, 0.15) is 48.4 Å². The lowest BCUT2D eigenvalue weighted by atomic mass is 9.89. The summed E-state index contributed by atoms with van der Waals surface area (Å²) in [5.41, 5.74) is 3.74. The summed E-state index contributed by atoms with van der Waals surface area (Å²) in [6.07, 6.45) is 4.27. The van der Waals surface area contributed by atoms with E-state index in [2.05, 4.69) is 11.0 Å². The van der Waals surface area contributed by atoms with Crippen LogP contribution in [0.2, 0.25) is 5.02 Å². The maximum Gasteiger partial charge on any atom is 0.407 e. The number of rotatable bonds is 3. The fourth-order valence-electron chi connectivity index (χ4n) is 4.78. The average molecular weight is 379 g/mol. The Morgan fingerprint density at radius 2 is 2.04 bits per heavy atom. The van der Waals surface area contributed by atoms with Gasteiger partial charge < -0.3 is 14.7 Å². The Labute approximate surface area is 159 Å². The number of hydrogen-bond donors (Lipinski definition) is 1. The van der Waals surface area contributed by atoms with Crippen molar-refractivity contribution in [3.63, 3.8) is 0 Å². The highest BCUT2D eigenvalue weighted by Crippen LogP contribution is 2.38.